The van der Waals surface area contributed by atoms with E-state index in [-0.39, 0.29) is 17.7 Å². The van der Waals surface area contributed by atoms with Crippen LogP contribution in [0.3, 0.4) is 0 Å². The van der Waals surface area contributed by atoms with Crippen LogP contribution >= 0.6 is 15.9 Å². The van der Waals surface area contributed by atoms with Gasteiger partial charge in [0.25, 0.3) is 0 Å². The van der Waals surface area contributed by atoms with Gasteiger partial charge in [0.2, 0.25) is 0 Å². The van der Waals surface area contributed by atoms with Crippen LogP contribution in [0.25, 0.3) is 5.69 Å². The zero-order valence-corrected chi connectivity index (χ0v) is 22.6. The highest BCUT2D eigenvalue weighted by atomic mass is 79.9. The molecule has 1 heterocycles. The van der Waals surface area contributed by atoms with E-state index in [1.807, 2.05) is 54.9 Å². The van der Waals surface area contributed by atoms with E-state index in [0.717, 1.165) is 44.0 Å². The van der Waals surface area contributed by atoms with Crippen molar-refractivity contribution < 1.29 is 24.5 Å². The van der Waals surface area contributed by atoms with Crippen LogP contribution < -0.4 is 4.74 Å². The van der Waals surface area contributed by atoms with Crippen molar-refractivity contribution in [3.8, 4) is 11.4 Å². The summed E-state index contributed by atoms with van der Waals surface area (Å²) in [6, 6.07) is 15.8. The number of halogens is 1. The molecule has 190 valence electrons. The maximum absolute atomic E-state index is 11.8. The van der Waals surface area contributed by atoms with Gasteiger partial charge < -0.3 is 14.9 Å². The highest BCUT2D eigenvalue weighted by Crippen LogP contribution is 2.29. The first-order valence-electron chi connectivity index (χ1n) is 11.7. The fourth-order valence-electron chi connectivity index (χ4n) is 4.25. The molecule has 0 bridgehead atoms. The van der Waals surface area contributed by atoms with E-state index in [1.165, 1.54) is 17.7 Å². The fraction of sp³-hybridized carbons (Fsp3) is 0.207. The lowest BCUT2D eigenvalue weighted by atomic mass is 9.95. The lowest BCUT2D eigenvalue weighted by Crippen LogP contribution is -2.09. The quantitative estimate of drug-likeness (QED) is 0.256. The Morgan fingerprint density at radius 1 is 0.946 bits per heavy atom. The Morgan fingerprint density at radius 3 is 2.32 bits per heavy atom. The number of aryl methyl sites for hydroxylation is 2. The molecule has 0 amide bonds. The summed E-state index contributed by atoms with van der Waals surface area (Å²) in [5.41, 5.74) is 7.40. The lowest BCUT2D eigenvalue weighted by Gasteiger charge is -2.16. The summed E-state index contributed by atoms with van der Waals surface area (Å²) in [5.74, 6) is -1.60. The zero-order chi connectivity index (χ0) is 26.9. The molecule has 0 aliphatic carbocycles. The van der Waals surface area contributed by atoms with Gasteiger partial charge in [-0.25, -0.2) is 14.3 Å². The highest BCUT2D eigenvalue weighted by Gasteiger charge is 2.17. The zero-order valence-electron chi connectivity index (χ0n) is 21.0. The van der Waals surface area contributed by atoms with Crippen LogP contribution in [0.1, 0.15) is 59.9 Å². The number of hydrogen-bond acceptors (Lipinski definition) is 4. The van der Waals surface area contributed by atoms with Crippen molar-refractivity contribution in [1.29, 1.82) is 0 Å². The van der Waals surface area contributed by atoms with Crippen LogP contribution in [-0.2, 0) is 13.0 Å². The molecule has 0 aliphatic heterocycles. The summed E-state index contributed by atoms with van der Waals surface area (Å²) in [6.45, 7) is 8.37. The van der Waals surface area contributed by atoms with Crippen molar-refractivity contribution in [2.24, 2.45) is 0 Å². The Kier molecular flexibility index (Phi) is 7.50. The van der Waals surface area contributed by atoms with Gasteiger partial charge in [-0.2, -0.15) is 5.10 Å². The summed E-state index contributed by atoms with van der Waals surface area (Å²) in [5, 5.41) is 23.5. The average molecular weight is 563 g/mol. The molecular formula is C29H27BrN2O5. The Balaban J connectivity index is 1.59. The molecule has 37 heavy (non-hydrogen) atoms. The van der Waals surface area contributed by atoms with Crippen molar-refractivity contribution in [3.63, 3.8) is 0 Å². The normalized spacial score (nSPS) is 10.9. The van der Waals surface area contributed by atoms with E-state index in [0.29, 0.717) is 12.0 Å². The van der Waals surface area contributed by atoms with Gasteiger partial charge in [-0.05, 0) is 92.8 Å². The highest BCUT2D eigenvalue weighted by molar-refractivity contribution is 9.10. The second kappa shape index (κ2) is 10.6. The fourth-order valence-corrected chi connectivity index (χ4v) is 4.77. The molecule has 4 rings (SSSR count). The molecule has 0 fully saturated rings. The van der Waals surface area contributed by atoms with Crippen molar-refractivity contribution in [2.45, 2.75) is 40.7 Å². The van der Waals surface area contributed by atoms with Crippen molar-refractivity contribution >= 4 is 27.9 Å². The third-order valence-corrected chi connectivity index (χ3v) is 7.36. The van der Waals surface area contributed by atoms with Gasteiger partial charge in [-0.15, -0.1) is 0 Å². The first-order chi connectivity index (χ1) is 17.6. The monoisotopic (exact) mass is 562 g/mol. The maximum Gasteiger partial charge on any atom is 0.336 e. The molecule has 0 spiro atoms. The number of rotatable bonds is 8. The Hall–Kier alpha value is -3.91. The van der Waals surface area contributed by atoms with Crippen LogP contribution in [0.5, 0.6) is 5.75 Å². The lowest BCUT2D eigenvalue weighted by molar-refractivity contribution is 0.0695. The molecule has 1 aromatic heterocycles. The van der Waals surface area contributed by atoms with E-state index in [9.17, 15) is 19.8 Å². The van der Waals surface area contributed by atoms with E-state index in [2.05, 4.69) is 34.9 Å². The number of ether oxygens (including phenoxy) is 1. The van der Waals surface area contributed by atoms with Gasteiger partial charge in [0.1, 0.15) is 12.4 Å². The number of carboxylic acid groups (broad SMARTS) is 2. The largest absolute Gasteiger partial charge is 0.489 e. The molecule has 0 atom stereocenters. The number of aromatic carboxylic acids is 2. The minimum atomic E-state index is -1.17. The van der Waals surface area contributed by atoms with Gasteiger partial charge in [-0.1, -0.05) is 34.1 Å². The number of nitrogens with zero attached hydrogens (tertiary/aromatic N) is 2. The van der Waals surface area contributed by atoms with E-state index >= 15 is 0 Å². The second-order valence-electron chi connectivity index (χ2n) is 8.98. The Morgan fingerprint density at radius 2 is 1.70 bits per heavy atom. The number of carboxylic acids is 2. The van der Waals surface area contributed by atoms with Gasteiger partial charge in [0, 0.05) is 15.7 Å². The molecule has 7 nitrogen and oxygen atoms in total. The summed E-state index contributed by atoms with van der Waals surface area (Å²) < 4.78 is 8.98. The third kappa shape index (κ3) is 5.44. The average Bonchev–Trinajstić information content (AvgIpc) is 3.11. The summed E-state index contributed by atoms with van der Waals surface area (Å²) >= 11 is 3.60. The molecule has 3 aromatic carbocycles. The van der Waals surface area contributed by atoms with Crippen LogP contribution in [0.2, 0.25) is 0 Å². The number of aromatic nitrogens is 2. The SMILES string of the molecule is Cc1cc(-n2nc(C)c(C)c2C)ccc1OCc1c(Br)cccc1Cc1ccc(C(=O)O)cc1C(=O)O. The van der Waals surface area contributed by atoms with E-state index < -0.39 is 11.9 Å². The van der Waals surface area contributed by atoms with E-state index in [1.54, 1.807) is 6.07 Å². The standard InChI is InChI=1S/C29H27BrN2O5/c1-16-12-23(32-19(4)17(2)18(3)31-32)10-11-27(16)37-15-25-20(6-5-7-26(25)30)13-21-8-9-22(28(33)34)14-24(21)29(35)36/h5-12,14H,13,15H2,1-4H3,(H,33,34)(H,35,36). The summed E-state index contributed by atoms with van der Waals surface area (Å²) in [6.07, 6.45) is 0.314. The van der Waals surface area contributed by atoms with Crippen LogP contribution in [-0.4, -0.2) is 31.9 Å². The number of carbonyl (C=O) groups is 2. The van der Waals surface area contributed by atoms with Gasteiger partial charge in [0.05, 0.1) is 22.5 Å². The van der Waals surface area contributed by atoms with Crippen LogP contribution in [0.15, 0.2) is 59.1 Å². The van der Waals surface area contributed by atoms with Crippen molar-refractivity contribution in [1.82, 2.24) is 9.78 Å². The first-order valence-corrected chi connectivity index (χ1v) is 12.5. The third-order valence-electron chi connectivity index (χ3n) is 6.61. The smallest absolute Gasteiger partial charge is 0.336 e. The second-order valence-corrected chi connectivity index (χ2v) is 9.84. The van der Waals surface area contributed by atoms with Gasteiger partial charge in [0.15, 0.2) is 0 Å². The molecule has 4 aromatic rings. The van der Waals surface area contributed by atoms with E-state index in [4.69, 9.17) is 4.74 Å². The molecule has 2 N–H and O–H groups in total. The minimum absolute atomic E-state index is 0.0300. The Labute approximate surface area is 223 Å². The summed E-state index contributed by atoms with van der Waals surface area (Å²) in [4.78, 5) is 23.1. The first kappa shape index (κ1) is 26.2. The predicted molar refractivity (Wildman–Crippen MR) is 144 cm³/mol. The molecule has 0 unspecified atom stereocenters. The molecule has 8 heteroatoms. The minimum Gasteiger partial charge on any atom is -0.489 e. The predicted octanol–water partition coefficient (Wildman–Crippen LogP) is 6.43. The molecule has 0 saturated carbocycles. The van der Waals surface area contributed by atoms with Crippen LogP contribution in [0, 0.1) is 27.7 Å². The number of hydrogen-bond donors (Lipinski definition) is 2. The Bertz CT molecular complexity index is 1520. The topological polar surface area (TPSA) is 102 Å². The molecule has 0 aliphatic rings. The maximum atomic E-state index is 11.8. The van der Waals surface area contributed by atoms with Gasteiger partial charge >= 0.3 is 11.9 Å². The molecular weight excluding hydrogens is 536 g/mol. The van der Waals surface area contributed by atoms with Crippen molar-refractivity contribution in [3.05, 3.63) is 109 Å². The molecule has 0 saturated heterocycles. The van der Waals surface area contributed by atoms with Gasteiger partial charge in [-0.3, -0.25) is 0 Å². The number of benzene rings is 3. The molecule has 0 radical (unpaired) electrons. The van der Waals surface area contributed by atoms with Crippen LogP contribution in [0.4, 0.5) is 0 Å². The van der Waals surface area contributed by atoms with Crippen molar-refractivity contribution in [2.75, 3.05) is 0 Å². The summed E-state index contributed by atoms with van der Waals surface area (Å²) in [7, 11) is 0.